The average molecular weight is 434 g/mol. The number of primary amides is 1. The summed E-state index contributed by atoms with van der Waals surface area (Å²) in [6.45, 7) is 4.34. The number of benzene rings is 2. The van der Waals surface area contributed by atoms with Crippen molar-refractivity contribution in [2.75, 3.05) is 6.61 Å². The first-order chi connectivity index (χ1) is 13.8. The van der Waals surface area contributed by atoms with Gasteiger partial charge in [-0.2, -0.15) is 0 Å². The van der Waals surface area contributed by atoms with Gasteiger partial charge in [-0.15, -0.1) is 12.4 Å². The van der Waals surface area contributed by atoms with Gasteiger partial charge in [0, 0.05) is 35.1 Å². The van der Waals surface area contributed by atoms with Crippen LogP contribution in [0.1, 0.15) is 19.5 Å². The molecule has 0 unspecified atom stereocenters. The van der Waals surface area contributed by atoms with Crippen LogP contribution in [-0.4, -0.2) is 17.1 Å². The Morgan fingerprint density at radius 3 is 2.50 bits per heavy atom. The number of pyridine rings is 1. The van der Waals surface area contributed by atoms with Crippen molar-refractivity contribution in [3.8, 4) is 16.9 Å². The van der Waals surface area contributed by atoms with E-state index in [1.54, 1.807) is 34.9 Å². The maximum atomic E-state index is 14.0. The van der Waals surface area contributed by atoms with Crippen molar-refractivity contribution < 1.29 is 13.9 Å². The van der Waals surface area contributed by atoms with Crippen LogP contribution in [0.5, 0.6) is 5.75 Å². The number of carbonyl (C=O) groups is 1. The number of aromatic nitrogens is 1. The minimum atomic E-state index is -0.606. The predicted octanol–water partition coefficient (Wildman–Crippen LogP) is 3.21. The van der Waals surface area contributed by atoms with Crippen molar-refractivity contribution in [1.29, 1.82) is 0 Å². The number of nitrogens with two attached hydrogens (primary N) is 2. The molecule has 0 spiro atoms. The zero-order valence-corrected chi connectivity index (χ0v) is 17.7. The van der Waals surface area contributed by atoms with E-state index in [-0.39, 0.29) is 42.9 Å². The summed E-state index contributed by atoms with van der Waals surface area (Å²) in [6.07, 6.45) is 0. The van der Waals surface area contributed by atoms with E-state index in [2.05, 4.69) is 0 Å². The molecule has 3 aromatic rings. The van der Waals surface area contributed by atoms with Gasteiger partial charge in [0.05, 0.1) is 0 Å². The molecule has 0 bridgehead atoms. The summed E-state index contributed by atoms with van der Waals surface area (Å²) in [4.78, 5) is 24.2. The molecule has 2 aromatic carbocycles. The predicted molar refractivity (Wildman–Crippen MR) is 118 cm³/mol. The third-order valence-electron chi connectivity index (χ3n) is 4.59. The number of rotatable bonds is 7. The Morgan fingerprint density at radius 1 is 1.17 bits per heavy atom. The molecular formula is C22H25ClFN3O3. The Balaban J connectivity index is 0.00000320. The van der Waals surface area contributed by atoms with Crippen molar-refractivity contribution in [2.45, 2.75) is 26.9 Å². The minimum Gasteiger partial charge on any atom is -0.484 e. The van der Waals surface area contributed by atoms with E-state index in [1.165, 1.54) is 12.1 Å². The van der Waals surface area contributed by atoms with Crippen molar-refractivity contribution >= 4 is 29.1 Å². The van der Waals surface area contributed by atoms with Crippen molar-refractivity contribution in [3.63, 3.8) is 0 Å². The SMILES string of the molecule is CC(C)Cn1c(CN)c(-c2cccc(F)c2)c2cc(OCC(N)=O)ccc2c1=O.Cl. The van der Waals surface area contributed by atoms with Crippen molar-refractivity contribution in [3.05, 3.63) is 64.3 Å². The van der Waals surface area contributed by atoms with Crippen LogP contribution in [0.3, 0.4) is 0 Å². The number of carbonyl (C=O) groups excluding carboxylic acids is 1. The van der Waals surface area contributed by atoms with E-state index >= 15 is 0 Å². The Morgan fingerprint density at radius 2 is 1.90 bits per heavy atom. The topological polar surface area (TPSA) is 100 Å². The lowest BCUT2D eigenvalue weighted by Gasteiger charge is -2.21. The quantitative estimate of drug-likeness (QED) is 0.597. The lowest BCUT2D eigenvalue weighted by atomic mass is 9.96. The Hall–Kier alpha value is -2.90. The number of hydrogen-bond donors (Lipinski definition) is 2. The van der Waals surface area contributed by atoms with Gasteiger partial charge < -0.3 is 20.8 Å². The number of amides is 1. The summed E-state index contributed by atoms with van der Waals surface area (Å²) >= 11 is 0. The summed E-state index contributed by atoms with van der Waals surface area (Å²) < 4.78 is 21.1. The molecule has 1 heterocycles. The van der Waals surface area contributed by atoms with Crippen LogP contribution in [-0.2, 0) is 17.9 Å². The lowest BCUT2D eigenvalue weighted by Crippen LogP contribution is -2.28. The first-order valence-electron chi connectivity index (χ1n) is 9.38. The smallest absolute Gasteiger partial charge is 0.258 e. The number of halogens is 2. The number of ether oxygens (including phenoxy) is 1. The van der Waals surface area contributed by atoms with Crippen LogP contribution in [0.15, 0.2) is 47.3 Å². The zero-order chi connectivity index (χ0) is 21.1. The van der Waals surface area contributed by atoms with Gasteiger partial charge in [0.15, 0.2) is 6.61 Å². The third-order valence-corrected chi connectivity index (χ3v) is 4.59. The summed E-state index contributed by atoms with van der Waals surface area (Å²) in [5.74, 6) is -0.390. The van der Waals surface area contributed by atoms with E-state index < -0.39 is 5.91 Å². The maximum absolute atomic E-state index is 14.0. The lowest BCUT2D eigenvalue weighted by molar-refractivity contribution is -0.119. The fourth-order valence-electron chi connectivity index (χ4n) is 3.46. The first-order valence-corrected chi connectivity index (χ1v) is 9.38. The van der Waals surface area contributed by atoms with Gasteiger partial charge in [0.25, 0.3) is 11.5 Å². The molecule has 0 saturated heterocycles. The second kappa shape index (κ2) is 9.73. The van der Waals surface area contributed by atoms with Gasteiger partial charge in [-0.1, -0.05) is 26.0 Å². The Kier molecular flexibility index (Phi) is 7.59. The van der Waals surface area contributed by atoms with Gasteiger partial charge in [-0.25, -0.2) is 4.39 Å². The molecule has 0 radical (unpaired) electrons. The normalized spacial score (nSPS) is 10.8. The highest BCUT2D eigenvalue weighted by Gasteiger charge is 2.19. The third kappa shape index (κ3) is 4.80. The molecule has 3 rings (SSSR count). The molecule has 1 amide bonds. The monoisotopic (exact) mass is 433 g/mol. The fourth-order valence-corrected chi connectivity index (χ4v) is 3.46. The van der Waals surface area contributed by atoms with Crippen LogP contribution in [0, 0.1) is 11.7 Å². The van der Waals surface area contributed by atoms with E-state index in [1.807, 2.05) is 13.8 Å². The molecule has 160 valence electrons. The highest BCUT2D eigenvalue weighted by molar-refractivity contribution is 5.98. The minimum absolute atomic E-state index is 0. The van der Waals surface area contributed by atoms with Gasteiger partial charge >= 0.3 is 0 Å². The number of hydrogen-bond acceptors (Lipinski definition) is 4. The van der Waals surface area contributed by atoms with Gasteiger partial charge in [-0.3, -0.25) is 9.59 Å². The molecule has 4 N–H and O–H groups in total. The molecule has 6 nitrogen and oxygen atoms in total. The van der Waals surface area contributed by atoms with Crippen LogP contribution in [0.2, 0.25) is 0 Å². The van der Waals surface area contributed by atoms with Gasteiger partial charge in [-0.05, 0) is 41.8 Å². The standard InChI is InChI=1S/C22H24FN3O3.ClH/c1-13(2)11-26-19(10-24)21(14-4-3-5-15(23)8-14)18-9-16(29-12-20(25)27)6-7-17(18)22(26)28;/h3-9,13H,10-12,24H2,1-2H3,(H2,25,27);1H. The van der Waals surface area contributed by atoms with E-state index in [4.69, 9.17) is 16.2 Å². The summed E-state index contributed by atoms with van der Waals surface area (Å²) in [5, 5.41) is 1.05. The molecule has 0 aliphatic carbocycles. The molecule has 0 fully saturated rings. The zero-order valence-electron chi connectivity index (χ0n) is 16.9. The highest BCUT2D eigenvalue weighted by Crippen LogP contribution is 2.33. The number of nitrogens with zero attached hydrogens (tertiary/aromatic N) is 1. The van der Waals surface area contributed by atoms with Gasteiger partial charge in [0.1, 0.15) is 11.6 Å². The second-order valence-electron chi connectivity index (χ2n) is 7.31. The Bertz CT molecular complexity index is 1130. The molecule has 0 aliphatic rings. The van der Waals surface area contributed by atoms with Crippen LogP contribution < -0.4 is 21.8 Å². The van der Waals surface area contributed by atoms with Crippen molar-refractivity contribution in [1.82, 2.24) is 4.57 Å². The van der Waals surface area contributed by atoms with Crippen LogP contribution in [0.25, 0.3) is 21.9 Å². The highest BCUT2D eigenvalue weighted by atomic mass is 35.5. The van der Waals surface area contributed by atoms with Crippen LogP contribution >= 0.6 is 12.4 Å². The molecule has 30 heavy (non-hydrogen) atoms. The van der Waals surface area contributed by atoms with Gasteiger partial charge in [0.2, 0.25) is 0 Å². The maximum Gasteiger partial charge on any atom is 0.258 e. The van der Waals surface area contributed by atoms with E-state index in [9.17, 15) is 14.0 Å². The summed E-state index contributed by atoms with van der Waals surface area (Å²) in [6, 6.07) is 11.1. The molecule has 1 aromatic heterocycles. The molecule has 0 saturated carbocycles. The molecule has 8 heteroatoms. The summed E-state index contributed by atoms with van der Waals surface area (Å²) in [5.41, 5.74) is 12.9. The van der Waals surface area contributed by atoms with Crippen LogP contribution in [0.4, 0.5) is 4.39 Å². The molecular weight excluding hydrogens is 409 g/mol. The Labute approximate surface area is 180 Å². The molecule has 0 aliphatic heterocycles. The summed E-state index contributed by atoms with van der Waals surface area (Å²) in [7, 11) is 0. The van der Waals surface area contributed by atoms with Crippen molar-refractivity contribution in [2.24, 2.45) is 17.4 Å². The average Bonchev–Trinajstić information content (AvgIpc) is 2.67. The molecule has 0 atom stereocenters. The number of fused-ring (bicyclic) bond motifs is 1. The van der Waals surface area contributed by atoms with E-state index in [0.717, 1.165) is 0 Å². The fraction of sp³-hybridized carbons (Fsp3) is 0.273. The second-order valence-corrected chi connectivity index (χ2v) is 7.31. The largest absolute Gasteiger partial charge is 0.484 e. The van der Waals surface area contributed by atoms with E-state index in [0.29, 0.717) is 39.9 Å². The first kappa shape index (κ1) is 23.4.